The molecule has 6 nitrogen and oxygen atoms in total. The minimum atomic E-state index is -3.49. The molecule has 0 aliphatic carbocycles. The average Bonchev–Trinajstić information content (AvgIpc) is 2.33. The Morgan fingerprint density at radius 3 is 2.35 bits per heavy atom. The average molecular weight is 257 g/mol. The summed E-state index contributed by atoms with van der Waals surface area (Å²) in [4.78, 5) is 0. The molecule has 0 bridgehead atoms. The minimum Gasteiger partial charge on any atom is -0.508 e. The van der Waals surface area contributed by atoms with Gasteiger partial charge in [-0.3, -0.25) is 4.72 Å². The highest BCUT2D eigenvalue weighted by atomic mass is 32.2. The summed E-state index contributed by atoms with van der Waals surface area (Å²) >= 11 is 0. The zero-order chi connectivity index (χ0) is 12.3. The van der Waals surface area contributed by atoms with Crippen LogP contribution in [-0.4, -0.2) is 44.0 Å². The van der Waals surface area contributed by atoms with E-state index in [1.165, 1.54) is 28.6 Å². The lowest BCUT2D eigenvalue weighted by molar-refractivity contribution is 0.362. The number of rotatable bonds is 3. The van der Waals surface area contributed by atoms with Gasteiger partial charge < -0.3 is 10.4 Å². The maximum Gasteiger partial charge on any atom is 0.301 e. The van der Waals surface area contributed by atoms with Gasteiger partial charge in [-0.2, -0.15) is 12.7 Å². The highest BCUT2D eigenvalue weighted by Gasteiger charge is 2.23. The number of hydrogen-bond donors (Lipinski definition) is 3. The van der Waals surface area contributed by atoms with Crippen molar-refractivity contribution in [3.05, 3.63) is 24.3 Å². The van der Waals surface area contributed by atoms with Crippen molar-refractivity contribution in [1.29, 1.82) is 0 Å². The van der Waals surface area contributed by atoms with Crippen molar-refractivity contribution in [2.45, 2.75) is 0 Å². The molecule has 94 valence electrons. The number of hydrogen-bond acceptors (Lipinski definition) is 4. The van der Waals surface area contributed by atoms with Crippen LogP contribution < -0.4 is 10.0 Å². The third-order valence-electron chi connectivity index (χ3n) is 2.53. The van der Waals surface area contributed by atoms with Crippen LogP contribution in [0.2, 0.25) is 0 Å². The molecular weight excluding hydrogens is 242 g/mol. The summed E-state index contributed by atoms with van der Waals surface area (Å²) in [6, 6.07) is 5.93. The summed E-state index contributed by atoms with van der Waals surface area (Å²) in [5.41, 5.74) is 0.446. The SMILES string of the molecule is O=S(=O)(Nc1ccc(O)cc1)N1CCNCC1. The third-order valence-corrected chi connectivity index (χ3v) is 4.07. The maximum absolute atomic E-state index is 12.0. The number of aromatic hydroxyl groups is 1. The molecular formula is C10H15N3O3S. The molecule has 0 saturated carbocycles. The minimum absolute atomic E-state index is 0.107. The molecule has 17 heavy (non-hydrogen) atoms. The molecule has 1 aliphatic rings. The number of nitrogens with zero attached hydrogens (tertiary/aromatic N) is 1. The van der Waals surface area contributed by atoms with Gasteiger partial charge in [-0.15, -0.1) is 0 Å². The van der Waals surface area contributed by atoms with E-state index in [2.05, 4.69) is 10.0 Å². The molecule has 1 fully saturated rings. The summed E-state index contributed by atoms with van der Waals surface area (Å²) in [7, 11) is -3.49. The van der Waals surface area contributed by atoms with Gasteiger partial charge in [0.05, 0.1) is 5.69 Å². The van der Waals surface area contributed by atoms with Crippen LogP contribution in [0.15, 0.2) is 24.3 Å². The summed E-state index contributed by atoms with van der Waals surface area (Å²) < 4.78 is 27.8. The highest BCUT2D eigenvalue weighted by molar-refractivity contribution is 7.90. The highest BCUT2D eigenvalue weighted by Crippen LogP contribution is 2.16. The van der Waals surface area contributed by atoms with E-state index >= 15 is 0 Å². The monoisotopic (exact) mass is 257 g/mol. The lowest BCUT2D eigenvalue weighted by Crippen LogP contribution is -2.48. The fraction of sp³-hybridized carbons (Fsp3) is 0.400. The van der Waals surface area contributed by atoms with E-state index in [0.717, 1.165) is 0 Å². The Balaban J connectivity index is 2.08. The summed E-state index contributed by atoms with van der Waals surface area (Å²) in [5, 5.41) is 12.2. The quantitative estimate of drug-likeness (QED) is 0.663. The number of piperazine rings is 1. The van der Waals surface area contributed by atoms with Crippen molar-refractivity contribution in [1.82, 2.24) is 9.62 Å². The lowest BCUT2D eigenvalue weighted by atomic mass is 10.3. The van der Waals surface area contributed by atoms with Crippen molar-refractivity contribution in [3.8, 4) is 5.75 Å². The van der Waals surface area contributed by atoms with E-state index in [4.69, 9.17) is 5.11 Å². The molecule has 1 saturated heterocycles. The van der Waals surface area contributed by atoms with Crippen LogP contribution in [0.25, 0.3) is 0 Å². The van der Waals surface area contributed by atoms with Gasteiger partial charge in [0.25, 0.3) is 0 Å². The van der Waals surface area contributed by atoms with Gasteiger partial charge in [0.15, 0.2) is 0 Å². The molecule has 1 aliphatic heterocycles. The molecule has 0 amide bonds. The van der Waals surface area contributed by atoms with Gasteiger partial charge in [0.1, 0.15) is 5.75 Å². The van der Waals surface area contributed by atoms with Crippen LogP contribution >= 0.6 is 0 Å². The first-order valence-electron chi connectivity index (χ1n) is 5.35. The molecule has 3 N–H and O–H groups in total. The third kappa shape index (κ3) is 3.09. The van der Waals surface area contributed by atoms with Gasteiger partial charge in [0, 0.05) is 26.2 Å². The second kappa shape index (κ2) is 4.91. The Kier molecular flexibility index (Phi) is 3.51. The lowest BCUT2D eigenvalue weighted by Gasteiger charge is -2.26. The Morgan fingerprint density at radius 2 is 1.76 bits per heavy atom. The largest absolute Gasteiger partial charge is 0.508 e. The Morgan fingerprint density at radius 1 is 1.18 bits per heavy atom. The van der Waals surface area contributed by atoms with E-state index in [1.54, 1.807) is 0 Å². The normalized spacial score (nSPS) is 17.9. The Bertz CT molecular complexity index is 466. The maximum atomic E-state index is 12.0. The van der Waals surface area contributed by atoms with Crippen LogP contribution in [0.5, 0.6) is 5.75 Å². The fourth-order valence-electron chi connectivity index (χ4n) is 1.63. The zero-order valence-electron chi connectivity index (χ0n) is 9.26. The van der Waals surface area contributed by atoms with Crippen LogP contribution in [0.4, 0.5) is 5.69 Å². The summed E-state index contributed by atoms with van der Waals surface area (Å²) in [6.45, 7) is 2.26. The molecule has 0 atom stereocenters. The molecule has 0 aromatic heterocycles. The Hall–Kier alpha value is -1.31. The topological polar surface area (TPSA) is 81.7 Å². The van der Waals surface area contributed by atoms with Crippen LogP contribution in [-0.2, 0) is 10.2 Å². The number of nitrogens with one attached hydrogen (secondary N) is 2. The first-order valence-corrected chi connectivity index (χ1v) is 6.79. The zero-order valence-corrected chi connectivity index (χ0v) is 10.1. The first kappa shape index (κ1) is 12.2. The van der Waals surface area contributed by atoms with Crippen molar-refractivity contribution in [3.63, 3.8) is 0 Å². The van der Waals surface area contributed by atoms with Crippen molar-refractivity contribution in [2.24, 2.45) is 0 Å². The molecule has 0 unspecified atom stereocenters. The fourth-order valence-corrected chi connectivity index (χ4v) is 2.85. The first-order chi connectivity index (χ1) is 8.08. The smallest absolute Gasteiger partial charge is 0.301 e. The second-order valence-electron chi connectivity index (χ2n) is 3.80. The molecule has 7 heteroatoms. The van der Waals surface area contributed by atoms with Gasteiger partial charge in [0.2, 0.25) is 0 Å². The second-order valence-corrected chi connectivity index (χ2v) is 5.47. The number of phenolic OH excluding ortho intramolecular Hbond substituents is 1. The molecule has 2 rings (SSSR count). The number of anilines is 1. The number of phenols is 1. The molecule has 0 spiro atoms. The van der Waals surface area contributed by atoms with Crippen LogP contribution in [0, 0.1) is 0 Å². The van der Waals surface area contributed by atoms with E-state index < -0.39 is 10.2 Å². The standard InChI is InChI=1S/C10H15N3O3S/c14-10-3-1-9(2-4-10)12-17(15,16)13-7-5-11-6-8-13/h1-4,11-12,14H,5-8H2. The van der Waals surface area contributed by atoms with Crippen molar-refractivity contribution < 1.29 is 13.5 Å². The van der Waals surface area contributed by atoms with E-state index in [-0.39, 0.29) is 5.75 Å². The number of benzene rings is 1. The molecule has 0 radical (unpaired) electrons. The van der Waals surface area contributed by atoms with Gasteiger partial charge in [-0.05, 0) is 24.3 Å². The summed E-state index contributed by atoms with van der Waals surface area (Å²) in [6.07, 6.45) is 0. The molecule has 1 heterocycles. The molecule has 1 aromatic rings. The summed E-state index contributed by atoms with van der Waals surface area (Å²) in [5.74, 6) is 0.107. The van der Waals surface area contributed by atoms with Crippen LogP contribution in [0.1, 0.15) is 0 Å². The van der Waals surface area contributed by atoms with Crippen LogP contribution in [0.3, 0.4) is 0 Å². The van der Waals surface area contributed by atoms with Gasteiger partial charge >= 0.3 is 10.2 Å². The van der Waals surface area contributed by atoms with E-state index in [0.29, 0.717) is 31.9 Å². The van der Waals surface area contributed by atoms with Gasteiger partial charge in [-0.1, -0.05) is 0 Å². The molecule has 1 aromatic carbocycles. The van der Waals surface area contributed by atoms with Gasteiger partial charge in [-0.25, -0.2) is 0 Å². The van der Waals surface area contributed by atoms with Crippen molar-refractivity contribution >= 4 is 15.9 Å². The van der Waals surface area contributed by atoms with Crippen molar-refractivity contribution in [2.75, 3.05) is 30.9 Å². The Labute approximate surface area is 100 Å². The van der Waals surface area contributed by atoms with E-state index in [1.807, 2.05) is 0 Å². The predicted molar refractivity (Wildman–Crippen MR) is 65.1 cm³/mol. The predicted octanol–water partition coefficient (Wildman–Crippen LogP) is -0.0459. The van der Waals surface area contributed by atoms with E-state index in [9.17, 15) is 8.42 Å².